The van der Waals surface area contributed by atoms with Crippen molar-refractivity contribution in [3.63, 3.8) is 0 Å². The number of ether oxygens (including phenoxy) is 3. The molecule has 0 bridgehead atoms. The maximum absolute atomic E-state index is 11.1. The molecule has 1 N–H and O–H groups in total. The summed E-state index contributed by atoms with van der Waals surface area (Å²) in [5.41, 5.74) is -0.637. The maximum Gasteiger partial charge on any atom is 0.408 e. The minimum Gasteiger partial charge on any atom is -0.430 e. The van der Waals surface area contributed by atoms with Gasteiger partial charge in [0.1, 0.15) is 6.10 Å². The Bertz CT molecular complexity index is 232. The van der Waals surface area contributed by atoms with Crippen molar-refractivity contribution in [1.82, 2.24) is 5.32 Å². The van der Waals surface area contributed by atoms with Crippen molar-refractivity contribution in [2.24, 2.45) is 0 Å². The number of alkyl carbamates (subject to hydrolysis) is 1. The molecule has 1 fully saturated rings. The number of nitrogens with one attached hydrogen (secondary N) is 1. The highest BCUT2D eigenvalue weighted by atomic mass is 35.5. The molecule has 1 aliphatic heterocycles. The van der Waals surface area contributed by atoms with Crippen LogP contribution in [0.4, 0.5) is 4.79 Å². The van der Waals surface area contributed by atoms with Gasteiger partial charge in [0.25, 0.3) is 0 Å². The van der Waals surface area contributed by atoms with Crippen LogP contribution < -0.4 is 5.32 Å². The topological polar surface area (TPSA) is 56.8 Å². The van der Waals surface area contributed by atoms with Crippen molar-refractivity contribution in [3.05, 3.63) is 0 Å². The number of halogens is 1. The van der Waals surface area contributed by atoms with E-state index in [0.717, 1.165) is 0 Å². The minimum absolute atomic E-state index is 0.141. The van der Waals surface area contributed by atoms with Gasteiger partial charge in [-0.1, -0.05) is 11.6 Å². The van der Waals surface area contributed by atoms with Crippen LogP contribution in [0.3, 0.4) is 0 Å². The molecule has 6 heteroatoms. The fourth-order valence-electron chi connectivity index (χ4n) is 1.25. The molecule has 2 atom stereocenters. The lowest BCUT2D eigenvalue weighted by molar-refractivity contribution is -0.137. The van der Waals surface area contributed by atoms with E-state index < -0.39 is 17.4 Å². The van der Waals surface area contributed by atoms with Crippen molar-refractivity contribution in [2.75, 3.05) is 13.2 Å². The fourth-order valence-corrected chi connectivity index (χ4v) is 1.33. The first-order valence-electron chi connectivity index (χ1n) is 4.79. The summed E-state index contributed by atoms with van der Waals surface area (Å²) in [6, 6.07) is 0. The van der Waals surface area contributed by atoms with Gasteiger partial charge in [-0.05, 0) is 20.8 Å². The molecule has 0 aromatic heterocycles. The van der Waals surface area contributed by atoms with Gasteiger partial charge in [0, 0.05) is 6.54 Å². The number of alkyl halides is 1. The van der Waals surface area contributed by atoms with E-state index in [1.807, 2.05) is 13.8 Å². The zero-order valence-electron chi connectivity index (χ0n) is 9.08. The Labute approximate surface area is 94.0 Å². The summed E-state index contributed by atoms with van der Waals surface area (Å²) < 4.78 is 15.5. The lowest BCUT2D eigenvalue weighted by Crippen LogP contribution is -2.35. The van der Waals surface area contributed by atoms with Crippen LogP contribution in [-0.4, -0.2) is 36.7 Å². The van der Waals surface area contributed by atoms with E-state index >= 15 is 0 Å². The van der Waals surface area contributed by atoms with Crippen molar-refractivity contribution in [3.8, 4) is 0 Å². The van der Waals surface area contributed by atoms with Gasteiger partial charge in [0.15, 0.2) is 11.4 Å². The van der Waals surface area contributed by atoms with Crippen LogP contribution >= 0.6 is 11.6 Å². The predicted octanol–water partition coefficient (Wildman–Crippen LogP) is 1.45. The van der Waals surface area contributed by atoms with Gasteiger partial charge in [0.05, 0.1) is 6.61 Å². The molecule has 0 aliphatic carbocycles. The summed E-state index contributed by atoms with van der Waals surface area (Å²) in [5.74, 6) is -0.573. The van der Waals surface area contributed by atoms with Crippen molar-refractivity contribution in [1.29, 1.82) is 0 Å². The van der Waals surface area contributed by atoms with Crippen LogP contribution in [0.25, 0.3) is 0 Å². The van der Waals surface area contributed by atoms with Gasteiger partial charge in [-0.25, -0.2) is 4.79 Å². The zero-order valence-corrected chi connectivity index (χ0v) is 9.84. The Morgan fingerprint density at radius 1 is 1.73 bits per heavy atom. The van der Waals surface area contributed by atoms with Gasteiger partial charge >= 0.3 is 6.09 Å². The first-order chi connectivity index (χ1) is 6.89. The van der Waals surface area contributed by atoms with E-state index in [4.69, 9.17) is 21.1 Å². The third-order valence-corrected chi connectivity index (χ3v) is 1.90. The molecule has 1 rings (SSSR count). The Morgan fingerprint density at radius 3 is 2.87 bits per heavy atom. The highest BCUT2D eigenvalue weighted by Gasteiger charge is 2.32. The van der Waals surface area contributed by atoms with E-state index in [2.05, 4.69) is 10.1 Å². The van der Waals surface area contributed by atoms with Gasteiger partial charge in [-0.2, -0.15) is 0 Å². The van der Waals surface area contributed by atoms with Crippen molar-refractivity contribution in [2.45, 2.75) is 38.2 Å². The lowest BCUT2D eigenvalue weighted by atomic mass is 10.4. The number of carbonyl (C=O) groups excluding carboxylic acids is 1. The second-order valence-corrected chi connectivity index (χ2v) is 4.39. The molecule has 15 heavy (non-hydrogen) atoms. The third-order valence-electron chi connectivity index (χ3n) is 1.81. The van der Waals surface area contributed by atoms with E-state index in [1.54, 1.807) is 6.92 Å². The van der Waals surface area contributed by atoms with Crippen LogP contribution in [-0.2, 0) is 14.2 Å². The summed E-state index contributed by atoms with van der Waals surface area (Å²) in [6.45, 7) is 6.04. The molecule has 0 radical (unpaired) electrons. The molecule has 1 aliphatic rings. The second kappa shape index (κ2) is 5.01. The van der Waals surface area contributed by atoms with Gasteiger partial charge in [-0.3, -0.25) is 0 Å². The number of hydrogen-bond donors (Lipinski definition) is 1. The zero-order chi connectivity index (χ0) is 11.5. The van der Waals surface area contributed by atoms with Gasteiger partial charge in [0.2, 0.25) is 0 Å². The lowest BCUT2D eigenvalue weighted by Gasteiger charge is -2.17. The predicted molar refractivity (Wildman–Crippen MR) is 54.7 cm³/mol. The number of hydrogen-bond acceptors (Lipinski definition) is 4. The number of carbonyl (C=O) groups is 1. The molecule has 2 unspecified atom stereocenters. The maximum atomic E-state index is 11.1. The van der Waals surface area contributed by atoms with Crippen LogP contribution in [0.1, 0.15) is 20.8 Å². The number of rotatable bonds is 3. The summed E-state index contributed by atoms with van der Waals surface area (Å²) in [4.78, 5) is 11.1. The number of amides is 1. The summed E-state index contributed by atoms with van der Waals surface area (Å²) in [6.07, 6.45) is -0.691. The average molecular weight is 238 g/mol. The molecule has 1 heterocycles. The summed E-state index contributed by atoms with van der Waals surface area (Å²) in [5, 5.41) is 2.54. The smallest absolute Gasteiger partial charge is 0.408 e. The Hall–Kier alpha value is -0.520. The molecule has 88 valence electrons. The normalized spacial score (nSPS) is 26.0. The monoisotopic (exact) mass is 237 g/mol. The molecule has 0 aromatic carbocycles. The standard InChI is InChI=1S/C9H16ClNO4/c1-6(10)14-8(12)11-4-7-5-13-9(2,3)15-7/h6-7H,4-5H2,1-3H3,(H,11,12). The summed E-state index contributed by atoms with van der Waals surface area (Å²) in [7, 11) is 0. The molecule has 1 saturated heterocycles. The quantitative estimate of drug-likeness (QED) is 0.755. The van der Waals surface area contributed by atoms with E-state index in [0.29, 0.717) is 13.2 Å². The average Bonchev–Trinajstić information content (AvgIpc) is 2.41. The van der Waals surface area contributed by atoms with Gasteiger partial charge in [-0.15, -0.1) is 0 Å². The van der Waals surface area contributed by atoms with Crippen LogP contribution in [0.5, 0.6) is 0 Å². The molecule has 1 amide bonds. The molecule has 0 aromatic rings. The second-order valence-electron chi connectivity index (χ2n) is 3.78. The molecule has 5 nitrogen and oxygen atoms in total. The van der Waals surface area contributed by atoms with Crippen LogP contribution in [0.15, 0.2) is 0 Å². The Morgan fingerprint density at radius 2 is 2.40 bits per heavy atom. The van der Waals surface area contributed by atoms with Crippen molar-refractivity contribution < 1.29 is 19.0 Å². The van der Waals surface area contributed by atoms with Crippen LogP contribution in [0, 0.1) is 0 Å². The molecular formula is C9H16ClNO4. The SMILES string of the molecule is CC(Cl)OC(=O)NCC1COC(C)(C)O1. The molecule has 0 saturated carbocycles. The minimum atomic E-state index is -0.637. The first-order valence-corrected chi connectivity index (χ1v) is 5.23. The Balaban J connectivity index is 2.18. The highest BCUT2D eigenvalue weighted by Crippen LogP contribution is 2.21. The van der Waals surface area contributed by atoms with Crippen molar-refractivity contribution >= 4 is 17.7 Å². The molecule has 0 spiro atoms. The van der Waals surface area contributed by atoms with Gasteiger partial charge < -0.3 is 19.5 Å². The van der Waals surface area contributed by atoms with E-state index in [9.17, 15) is 4.79 Å². The molecular weight excluding hydrogens is 222 g/mol. The summed E-state index contributed by atoms with van der Waals surface area (Å²) >= 11 is 5.47. The largest absolute Gasteiger partial charge is 0.430 e. The fraction of sp³-hybridized carbons (Fsp3) is 0.889. The van der Waals surface area contributed by atoms with E-state index in [-0.39, 0.29) is 6.10 Å². The highest BCUT2D eigenvalue weighted by molar-refractivity contribution is 6.19. The Kier molecular flexibility index (Phi) is 4.19. The first kappa shape index (κ1) is 12.5. The third kappa shape index (κ3) is 4.68. The van der Waals surface area contributed by atoms with E-state index in [1.165, 1.54) is 0 Å². The van der Waals surface area contributed by atoms with Crippen LogP contribution in [0.2, 0.25) is 0 Å².